The molecule has 0 aliphatic carbocycles. The summed E-state index contributed by atoms with van der Waals surface area (Å²) in [6.07, 6.45) is 3.05. The summed E-state index contributed by atoms with van der Waals surface area (Å²) < 4.78 is 1.54. The van der Waals surface area contributed by atoms with Crippen molar-refractivity contribution in [3.63, 3.8) is 0 Å². The third-order valence-corrected chi connectivity index (χ3v) is 2.08. The molecule has 0 aromatic carbocycles. The molecule has 0 saturated carbocycles. The van der Waals surface area contributed by atoms with E-state index < -0.39 is 0 Å². The number of hydroxylamine groups is 2. The highest BCUT2D eigenvalue weighted by atomic mass is 16.7. The molecule has 0 radical (unpaired) electrons. The van der Waals surface area contributed by atoms with Gasteiger partial charge in [-0.25, -0.2) is 14.6 Å². The molecule has 2 heterocycles. The van der Waals surface area contributed by atoms with Crippen molar-refractivity contribution in [2.45, 2.75) is 0 Å². The zero-order valence-corrected chi connectivity index (χ0v) is 8.41. The van der Waals surface area contributed by atoms with E-state index in [1.165, 1.54) is 18.0 Å². The highest BCUT2D eigenvalue weighted by Gasteiger charge is 2.11. The Morgan fingerprint density at radius 3 is 3.07 bits per heavy atom. The average Bonchev–Trinajstić information content (AvgIpc) is 2.73. The van der Waals surface area contributed by atoms with Crippen LogP contribution in [-0.2, 0) is 4.84 Å². The minimum Gasteiger partial charge on any atom is -0.274 e. The summed E-state index contributed by atoms with van der Waals surface area (Å²) in [6, 6.07) is 3.41. The number of pyridine rings is 1. The molecule has 15 heavy (non-hydrogen) atoms. The number of carbonyl (C=O) groups is 1. The summed E-state index contributed by atoms with van der Waals surface area (Å²) in [6.45, 7) is 0. The maximum absolute atomic E-state index is 11.7. The molecule has 0 bridgehead atoms. The highest BCUT2D eigenvalue weighted by Crippen LogP contribution is 2.05. The lowest BCUT2D eigenvalue weighted by atomic mass is 10.2. The lowest BCUT2D eigenvalue weighted by molar-refractivity contribution is -0.0757. The number of amides is 1. The smallest absolute Gasteiger partial charge is 0.274 e. The van der Waals surface area contributed by atoms with E-state index in [4.69, 9.17) is 4.84 Å². The van der Waals surface area contributed by atoms with Crippen LogP contribution in [0.4, 0.5) is 0 Å². The van der Waals surface area contributed by atoms with Gasteiger partial charge in [0.2, 0.25) is 0 Å². The summed E-state index contributed by atoms with van der Waals surface area (Å²) in [5, 5.41) is 5.09. The van der Waals surface area contributed by atoms with Gasteiger partial charge in [-0.2, -0.15) is 5.10 Å². The van der Waals surface area contributed by atoms with Gasteiger partial charge in [0.1, 0.15) is 6.33 Å². The molecule has 78 valence electrons. The van der Waals surface area contributed by atoms with E-state index in [0.29, 0.717) is 11.2 Å². The largest absolute Gasteiger partial charge is 0.278 e. The van der Waals surface area contributed by atoms with Gasteiger partial charge in [-0.3, -0.25) is 9.63 Å². The molecule has 0 N–H and O–H groups in total. The Balaban J connectivity index is 2.39. The molecular formula is C9H10N4O2. The summed E-state index contributed by atoms with van der Waals surface area (Å²) in [7, 11) is 2.99. The van der Waals surface area contributed by atoms with Crippen molar-refractivity contribution in [3.8, 4) is 0 Å². The number of nitrogens with zero attached hydrogens (tertiary/aromatic N) is 4. The first-order valence-electron chi connectivity index (χ1n) is 4.34. The maximum atomic E-state index is 11.7. The van der Waals surface area contributed by atoms with Gasteiger partial charge in [-0.15, -0.1) is 0 Å². The fourth-order valence-corrected chi connectivity index (χ4v) is 1.21. The third kappa shape index (κ3) is 1.66. The summed E-state index contributed by atoms with van der Waals surface area (Å²) in [4.78, 5) is 20.5. The van der Waals surface area contributed by atoms with Crippen LogP contribution in [0.1, 0.15) is 10.4 Å². The standard InChI is InChI=1S/C9H10N4O2/c1-12(15-2)9(14)7-3-4-8-10-6-11-13(8)5-7/h3-6H,1-2H3. The summed E-state index contributed by atoms with van der Waals surface area (Å²) >= 11 is 0. The minimum atomic E-state index is -0.227. The predicted molar refractivity (Wildman–Crippen MR) is 52.1 cm³/mol. The van der Waals surface area contributed by atoms with E-state index >= 15 is 0 Å². The Labute approximate surface area is 86.0 Å². The van der Waals surface area contributed by atoms with Crippen molar-refractivity contribution < 1.29 is 9.63 Å². The van der Waals surface area contributed by atoms with Crippen LogP contribution in [0.2, 0.25) is 0 Å². The van der Waals surface area contributed by atoms with E-state index in [2.05, 4.69) is 10.1 Å². The van der Waals surface area contributed by atoms with E-state index in [1.807, 2.05) is 0 Å². The molecule has 0 aliphatic rings. The number of hydrogen-bond acceptors (Lipinski definition) is 4. The van der Waals surface area contributed by atoms with Gasteiger partial charge in [0.25, 0.3) is 5.91 Å². The average molecular weight is 206 g/mol. The van der Waals surface area contributed by atoms with Gasteiger partial charge >= 0.3 is 0 Å². The molecule has 0 aliphatic heterocycles. The summed E-state index contributed by atoms with van der Waals surface area (Å²) in [5.74, 6) is -0.227. The highest BCUT2D eigenvalue weighted by molar-refractivity contribution is 5.93. The molecule has 2 aromatic rings. The van der Waals surface area contributed by atoms with Gasteiger partial charge in [0, 0.05) is 13.2 Å². The van der Waals surface area contributed by atoms with Crippen molar-refractivity contribution in [1.82, 2.24) is 19.7 Å². The van der Waals surface area contributed by atoms with Crippen LogP contribution >= 0.6 is 0 Å². The van der Waals surface area contributed by atoms with E-state index in [1.54, 1.807) is 25.4 Å². The van der Waals surface area contributed by atoms with Crippen LogP contribution < -0.4 is 0 Å². The van der Waals surface area contributed by atoms with E-state index in [0.717, 1.165) is 5.06 Å². The quantitative estimate of drug-likeness (QED) is 0.666. The number of fused-ring (bicyclic) bond motifs is 1. The lowest BCUT2D eigenvalue weighted by Crippen LogP contribution is -2.25. The van der Waals surface area contributed by atoms with Gasteiger partial charge in [0.05, 0.1) is 12.7 Å². The zero-order chi connectivity index (χ0) is 10.8. The van der Waals surface area contributed by atoms with Gasteiger partial charge in [-0.05, 0) is 12.1 Å². The molecule has 2 aromatic heterocycles. The molecule has 1 amide bonds. The molecule has 0 atom stereocenters. The monoisotopic (exact) mass is 206 g/mol. The molecule has 2 rings (SSSR count). The number of hydrogen-bond donors (Lipinski definition) is 0. The van der Waals surface area contributed by atoms with Crippen LogP contribution in [0.3, 0.4) is 0 Å². The fraction of sp³-hybridized carbons (Fsp3) is 0.222. The Hall–Kier alpha value is -1.95. The van der Waals surface area contributed by atoms with Crippen LogP contribution in [0.15, 0.2) is 24.7 Å². The van der Waals surface area contributed by atoms with Crippen LogP contribution in [0.25, 0.3) is 5.65 Å². The number of rotatable bonds is 2. The number of carbonyl (C=O) groups excluding carboxylic acids is 1. The first kappa shape index (κ1) is 9.60. The second kappa shape index (κ2) is 3.66. The fourth-order valence-electron chi connectivity index (χ4n) is 1.21. The van der Waals surface area contributed by atoms with Crippen molar-refractivity contribution in [2.24, 2.45) is 0 Å². The van der Waals surface area contributed by atoms with Crippen LogP contribution in [0, 0.1) is 0 Å². The predicted octanol–water partition coefficient (Wildman–Crippen LogP) is 0.363. The van der Waals surface area contributed by atoms with Gasteiger partial charge in [-0.1, -0.05) is 0 Å². The van der Waals surface area contributed by atoms with Gasteiger partial charge < -0.3 is 0 Å². The second-order valence-electron chi connectivity index (χ2n) is 2.97. The van der Waals surface area contributed by atoms with E-state index in [9.17, 15) is 4.79 Å². The zero-order valence-electron chi connectivity index (χ0n) is 8.41. The second-order valence-corrected chi connectivity index (χ2v) is 2.97. The molecule has 0 fully saturated rings. The number of aromatic nitrogens is 3. The van der Waals surface area contributed by atoms with Crippen molar-refractivity contribution in [3.05, 3.63) is 30.2 Å². The van der Waals surface area contributed by atoms with Crippen molar-refractivity contribution in [2.75, 3.05) is 14.2 Å². The first-order valence-corrected chi connectivity index (χ1v) is 4.34. The molecule has 6 heteroatoms. The van der Waals surface area contributed by atoms with Crippen LogP contribution in [-0.4, -0.2) is 39.7 Å². The normalized spacial score (nSPS) is 10.5. The Bertz CT molecular complexity index is 494. The molecule has 0 saturated heterocycles. The third-order valence-electron chi connectivity index (χ3n) is 2.08. The molecular weight excluding hydrogens is 196 g/mol. The Morgan fingerprint density at radius 2 is 2.33 bits per heavy atom. The Morgan fingerprint density at radius 1 is 1.53 bits per heavy atom. The maximum Gasteiger partial charge on any atom is 0.278 e. The summed E-state index contributed by atoms with van der Waals surface area (Å²) in [5.41, 5.74) is 1.20. The van der Waals surface area contributed by atoms with Crippen molar-refractivity contribution in [1.29, 1.82) is 0 Å². The van der Waals surface area contributed by atoms with E-state index in [-0.39, 0.29) is 5.91 Å². The topological polar surface area (TPSA) is 59.7 Å². The molecule has 0 spiro atoms. The van der Waals surface area contributed by atoms with Crippen molar-refractivity contribution >= 4 is 11.6 Å². The van der Waals surface area contributed by atoms with Gasteiger partial charge in [0.15, 0.2) is 5.65 Å². The first-order chi connectivity index (χ1) is 7.22. The Kier molecular flexibility index (Phi) is 2.34. The SMILES string of the molecule is CON(C)C(=O)c1ccc2ncnn2c1. The minimum absolute atomic E-state index is 0.227. The molecule has 6 nitrogen and oxygen atoms in total. The lowest BCUT2D eigenvalue weighted by Gasteiger charge is -2.13. The molecule has 0 unspecified atom stereocenters. The van der Waals surface area contributed by atoms with Crippen LogP contribution in [0.5, 0.6) is 0 Å².